The van der Waals surface area contributed by atoms with E-state index in [2.05, 4.69) is 9.88 Å². The van der Waals surface area contributed by atoms with Crippen LogP contribution >= 0.6 is 0 Å². The van der Waals surface area contributed by atoms with E-state index in [0.717, 1.165) is 5.82 Å². The number of ketones is 1. The summed E-state index contributed by atoms with van der Waals surface area (Å²) in [6.07, 6.45) is 4.04. The molecule has 1 aliphatic heterocycles. The first-order valence-electron chi connectivity index (χ1n) is 11.8. The van der Waals surface area contributed by atoms with Gasteiger partial charge in [0.2, 0.25) is 0 Å². The SMILES string of the molecule is CC1(C)CC(=O)c2cn(-c3ccc(F)cc3)c(=O)c(C(=O)N3CCN(c4ccccn4)CC3)c2C1. The van der Waals surface area contributed by atoms with Gasteiger partial charge in [-0.25, -0.2) is 9.37 Å². The Balaban J connectivity index is 1.54. The van der Waals surface area contributed by atoms with Gasteiger partial charge in [0.25, 0.3) is 11.5 Å². The summed E-state index contributed by atoms with van der Waals surface area (Å²) in [5.74, 6) is -0.0441. The van der Waals surface area contributed by atoms with Gasteiger partial charge in [0, 0.05) is 56.2 Å². The summed E-state index contributed by atoms with van der Waals surface area (Å²) < 4.78 is 14.8. The molecule has 1 aromatic carbocycles. The van der Waals surface area contributed by atoms with Crippen LogP contribution in [0.15, 0.2) is 59.7 Å². The molecule has 1 fully saturated rings. The predicted molar refractivity (Wildman–Crippen MR) is 131 cm³/mol. The lowest BCUT2D eigenvalue weighted by Crippen LogP contribution is -2.50. The van der Waals surface area contributed by atoms with Crippen molar-refractivity contribution in [1.29, 1.82) is 0 Å². The normalized spacial score (nSPS) is 17.3. The smallest absolute Gasteiger partial charge is 0.268 e. The highest BCUT2D eigenvalue weighted by Gasteiger charge is 2.37. The van der Waals surface area contributed by atoms with E-state index in [1.54, 1.807) is 11.1 Å². The minimum Gasteiger partial charge on any atom is -0.353 e. The lowest BCUT2D eigenvalue weighted by molar-refractivity contribution is 0.0741. The van der Waals surface area contributed by atoms with Crippen molar-refractivity contribution in [1.82, 2.24) is 14.5 Å². The van der Waals surface area contributed by atoms with E-state index in [0.29, 0.717) is 55.8 Å². The molecule has 7 nitrogen and oxygen atoms in total. The maximum atomic E-state index is 13.8. The van der Waals surface area contributed by atoms with Gasteiger partial charge < -0.3 is 9.80 Å². The highest BCUT2D eigenvalue weighted by molar-refractivity contribution is 6.04. The van der Waals surface area contributed by atoms with Crippen molar-refractivity contribution in [3.63, 3.8) is 0 Å². The van der Waals surface area contributed by atoms with Crippen molar-refractivity contribution in [3.05, 3.63) is 87.7 Å². The van der Waals surface area contributed by atoms with Crippen molar-refractivity contribution >= 4 is 17.5 Å². The number of piperazine rings is 1. The number of Topliss-reactive ketones (excluding diaryl/α,β-unsaturated/α-hetero) is 1. The first-order valence-corrected chi connectivity index (χ1v) is 11.8. The fourth-order valence-corrected chi connectivity index (χ4v) is 5.00. The maximum Gasteiger partial charge on any atom is 0.268 e. The molecule has 2 aromatic heterocycles. The van der Waals surface area contributed by atoms with Crippen LogP contribution in [-0.4, -0.2) is 52.3 Å². The van der Waals surface area contributed by atoms with Crippen molar-refractivity contribution in [2.45, 2.75) is 26.7 Å². The number of benzene rings is 1. The number of amides is 1. The molecule has 5 rings (SSSR count). The molecule has 0 unspecified atom stereocenters. The van der Waals surface area contributed by atoms with Gasteiger partial charge in [-0.3, -0.25) is 19.0 Å². The number of hydrogen-bond acceptors (Lipinski definition) is 5. The zero-order valence-electron chi connectivity index (χ0n) is 19.8. The number of fused-ring (bicyclic) bond motifs is 1. The molecule has 8 heteroatoms. The lowest BCUT2D eigenvalue weighted by atomic mass is 9.73. The molecule has 0 spiro atoms. The van der Waals surface area contributed by atoms with Crippen LogP contribution in [0, 0.1) is 11.2 Å². The summed E-state index contributed by atoms with van der Waals surface area (Å²) in [4.78, 5) is 48.8. The molecule has 1 amide bonds. The van der Waals surface area contributed by atoms with Gasteiger partial charge in [0.15, 0.2) is 5.78 Å². The standard InChI is InChI=1S/C27H27FN4O3/c1-27(2)15-20-21(22(33)16-27)17-32(19-8-6-18(28)7-9-19)26(35)24(20)25(34)31-13-11-30(12-14-31)23-5-3-4-10-29-23/h3-10,17H,11-16H2,1-2H3. The zero-order chi connectivity index (χ0) is 24.7. The van der Waals surface area contributed by atoms with Crippen LogP contribution in [0.2, 0.25) is 0 Å². The second-order valence-electron chi connectivity index (χ2n) is 9.96. The molecule has 0 atom stereocenters. The Labute approximate surface area is 202 Å². The average Bonchev–Trinajstić information content (AvgIpc) is 2.84. The van der Waals surface area contributed by atoms with Gasteiger partial charge in [-0.15, -0.1) is 0 Å². The summed E-state index contributed by atoms with van der Waals surface area (Å²) in [7, 11) is 0. The summed E-state index contributed by atoms with van der Waals surface area (Å²) in [5, 5.41) is 0. The number of carbonyl (C=O) groups excluding carboxylic acids is 2. The highest BCUT2D eigenvalue weighted by atomic mass is 19.1. The Morgan fingerprint density at radius 2 is 1.69 bits per heavy atom. The molecule has 2 aliphatic rings. The molecule has 35 heavy (non-hydrogen) atoms. The highest BCUT2D eigenvalue weighted by Crippen LogP contribution is 2.36. The molecule has 0 bridgehead atoms. The fourth-order valence-electron chi connectivity index (χ4n) is 5.00. The molecular formula is C27H27FN4O3. The van der Waals surface area contributed by atoms with E-state index in [-0.39, 0.29) is 22.7 Å². The Kier molecular flexibility index (Phi) is 5.75. The van der Waals surface area contributed by atoms with E-state index >= 15 is 0 Å². The van der Waals surface area contributed by atoms with E-state index < -0.39 is 11.4 Å². The Morgan fingerprint density at radius 1 is 0.971 bits per heavy atom. The number of pyridine rings is 2. The lowest BCUT2D eigenvalue weighted by Gasteiger charge is -2.36. The number of carbonyl (C=O) groups is 2. The molecule has 3 aromatic rings. The third-order valence-corrected chi connectivity index (χ3v) is 6.77. The predicted octanol–water partition coefficient (Wildman–Crippen LogP) is 3.49. The van der Waals surface area contributed by atoms with Crippen LogP contribution < -0.4 is 10.5 Å². The molecule has 3 heterocycles. The molecule has 0 N–H and O–H groups in total. The summed E-state index contributed by atoms with van der Waals surface area (Å²) in [6.45, 7) is 6.00. The van der Waals surface area contributed by atoms with Crippen molar-refractivity contribution in [3.8, 4) is 5.69 Å². The number of hydrogen-bond donors (Lipinski definition) is 0. The van der Waals surface area contributed by atoms with Gasteiger partial charge >= 0.3 is 0 Å². The van der Waals surface area contributed by atoms with Gasteiger partial charge in [0.1, 0.15) is 17.2 Å². The molecule has 1 aliphatic carbocycles. The van der Waals surface area contributed by atoms with E-state index in [1.807, 2.05) is 32.0 Å². The van der Waals surface area contributed by atoms with Gasteiger partial charge in [0.05, 0.1) is 0 Å². The Bertz CT molecular complexity index is 1340. The first kappa shape index (κ1) is 23.0. The maximum absolute atomic E-state index is 13.8. The van der Waals surface area contributed by atoms with Gasteiger partial charge in [-0.1, -0.05) is 19.9 Å². The van der Waals surface area contributed by atoms with E-state index in [1.165, 1.54) is 35.0 Å². The number of rotatable bonds is 3. The molecule has 1 saturated heterocycles. The van der Waals surface area contributed by atoms with E-state index in [4.69, 9.17) is 0 Å². The Hall–Kier alpha value is -3.81. The van der Waals surface area contributed by atoms with E-state index in [9.17, 15) is 18.8 Å². The summed E-state index contributed by atoms with van der Waals surface area (Å²) >= 11 is 0. The number of anilines is 1. The monoisotopic (exact) mass is 474 g/mol. The van der Waals surface area contributed by atoms with Crippen LogP contribution in [0.3, 0.4) is 0 Å². The third-order valence-electron chi connectivity index (χ3n) is 6.77. The van der Waals surface area contributed by atoms with Crippen LogP contribution in [0.4, 0.5) is 10.2 Å². The quantitative estimate of drug-likeness (QED) is 0.581. The molecule has 180 valence electrons. The molecular weight excluding hydrogens is 447 g/mol. The topological polar surface area (TPSA) is 75.5 Å². The third kappa shape index (κ3) is 4.36. The number of aromatic nitrogens is 2. The first-order chi connectivity index (χ1) is 16.7. The van der Waals surface area contributed by atoms with Crippen LogP contribution in [0.25, 0.3) is 5.69 Å². The van der Waals surface area contributed by atoms with Crippen LogP contribution in [0.5, 0.6) is 0 Å². The van der Waals surface area contributed by atoms with Gasteiger partial charge in [-0.05, 0) is 53.8 Å². The molecule has 0 saturated carbocycles. The van der Waals surface area contributed by atoms with Crippen molar-refractivity contribution in [2.24, 2.45) is 5.41 Å². The second-order valence-corrected chi connectivity index (χ2v) is 9.96. The van der Waals surface area contributed by atoms with Gasteiger partial charge in [-0.2, -0.15) is 0 Å². The fraction of sp³-hybridized carbons (Fsp3) is 0.333. The Morgan fingerprint density at radius 3 is 2.34 bits per heavy atom. The summed E-state index contributed by atoms with van der Waals surface area (Å²) in [5.41, 5.74) is 0.518. The van der Waals surface area contributed by atoms with Crippen molar-refractivity contribution in [2.75, 3.05) is 31.1 Å². The zero-order valence-corrected chi connectivity index (χ0v) is 19.8. The number of halogens is 1. The number of nitrogens with zero attached hydrogens (tertiary/aromatic N) is 4. The van der Waals surface area contributed by atoms with Crippen LogP contribution in [0.1, 0.15) is 46.5 Å². The second kappa shape index (κ2) is 8.76. The molecule has 0 radical (unpaired) electrons. The van der Waals surface area contributed by atoms with Crippen LogP contribution in [-0.2, 0) is 6.42 Å². The minimum atomic E-state index is -0.488. The summed E-state index contributed by atoms with van der Waals surface area (Å²) in [6, 6.07) is 11.2. The largest absolute Gasteiger partial charge is 0.353 e. The average molecular weight is 475 g/mol. The van der Waals surface area contributed by atoms with Crippen molar-refractivity contribution < 1.29 is 14.0 Å². The minimum absolute atomic E-state index is 0.0410.